The molecule has 0 amide bonds. The van der Waals surface area contributed by atoms with E-state index in [1.165, 1.54) is 12.4 Å². The minimum Gasteiger partial charge on any atom is -0.505 e. The van der Waals surface area contributed by atoms with E-state index in [4.69, 9.17) is 4.74 Å². The van der Waals surface area contributed by atoms with Crippen LogP contribution in [0.15, 0.2) is 35.7 Å². The van der Waals surface area contributed by atoms with E-state index < -0.39 is 0 Å². The standard InChI is InChI=1S/C27H35N9O2S/c1-17-18(2)33-34-24(17)32-25-20-12-23(39-27(3,4)5)22(13-21(20)30-16-31-25)38-11-10-35-6-8-36(9-7-35)26-28-14-19(37)15-29-26/h12-16,37H,6-11H2,1-5H3,(H2,30,31,32,33,34). The largest absolute Gasteiger partial charge is 0.505 e. The fourth-order valence-corrected chi connectivity index (χ4v) is 5.39. The molecule has 4 heterocycles. The molecule has 4 aromatic rings. The number of hydrogen-bond acceptors (Lipinski definition) is 11. The van der Waals surface area contributed by atoms with Gasteiger partial charge < -0.3 is 20.1 Å². The Morgan fingerprint density at radius 1 is 1.03 bits per heavy atom. The summed E-state index contributed by atoms with van der Waals surface area (Å²) in [5, 5.41) is 21.1. The van der Waals surface area contributed by atoms with E-state index in [1.54, 1.807) is 18.1 Å². The number of anilines is 3. The van der Waals surface area contributed by atoms with Crippen LogP contribution in [0.2, 0.25) is 0 Å². The zero-order chi connectivity index (χ0) is 27.6. The molecule has 1 aliphatic rings. The molecule has 206 valence electrons. The van der Waals surface area contributed by atoms with Crippen LogP contribution in [0.4, 0.5) is 17.6 Å². The van der Waals surface area contributed by atoms with Gasteiger partial charge in [-0.3, -0.25) is 10.00 Å². The van der Waals surface area contributed by atoms with E-state index in [0.717, 1.165) is 71.3 Å². The molecule has 11 nitrogen and oxygen atoms in total. The Labute approximate surface area is 232 Å². The summed E-state index contributed by atoms with van der Waals surface area (Å²) in [6.07, 6.45) is 4.43. The summed E-state index contributed by atoms with van der Waals surface area (Å²) in [4.78, 5) is 23.1. The van der Waals surface area contributed by atoms with Crippen LogP contribution in [0.3, 0.4) is 0 Å². The second-order valence-electron chi connectivity index (χ2n) is 10.6. The number of aromatic hydroxyl groups is 1. The summed E-state index contributed by atoms with van der Waals surface area (Å²) in [6.45, 7) is 15.4. The average molecular weight is 550 g/mol. The van der Waals surface area contributed by atoms with Crippen LogP contribution in [0.1, 0.15) is 32.0 Å². The van der Waals surface area contributed by atoms with Gasteiger partial charge in [0.15, 0.2) is 11.6 Å². The van der Waals surface area contributed by atoms with Gasteiger partial charge in [-0.1, -0.05) is 20.8 Å². The number of piperazine rings is 1. The maximum Gasteiger partial charge on any atom is 0.225 e. The Morgan fingerprint density at radius 2 is 1.77 bits per heavy atom. The number of rotatable bonds is 8. The fraction of sp³-hybridized carbons (Fsp3) is 0.444. The number of thioether (sulfide) groups is 1. The molecule has 0 atom stereocenters. The van der Waals surface area contributed by atoms with E-state index in [2.05, 4.69) is 72.1 Å². The predicted molar refractivity (Wildman–Crippen MR) is 154 cm³/mol. The van der Waals surface area contributed by atoms with Gasteiger partial charge in [-0.2, -0.15) is 5.10 Å². The maximum absolute atomic E-state index is 9.43. The molecule has 1 fully saturated rings. The van der Waals surface area contributed by atoms with Crippen LogP contribution in [-0.4, -0.2) is 84.2 Å². The van der Waals surface area contributed by atoms with Gasteiger partial charge in [0.2, 0.25) is 5.95 Å². The van der Waals surface area contributed by atoms with Crippen molar-refractivity contribution in [3.63, 3.8) is 0 Å². The third-order valence-corrected chi connectivity index (χ3v) is 7.70. The number of aryl methyl sites for hydroxylation is 1. The molecule has 0 spiro atoms. The number of hydrogen-bond donors (Lipinski definition) is 3. The summed E-state index contributed by atoms with van der Waals surface area (Å²) in [5.74, 6) is 3.03. The van der Waals surface area contributed by atoms with Crippen LogP contribution in [0.25, 0.3) is 10.9 Å². The molecule has 1 saturated heterocycles. The third-order valence-electron chi connectivity index (χ3n) is 6.55. The number of fused-ring (bicyclic) bond motifs is 1. The van der Waals surface area contributed by atoms with E-state index in [-0.39, 0.29) is 10.5 Å². The van der Waals surface area contributed by atoms with Crippen molar-refractivity contribution in [3.05, 3.63) is 42.1 Å². The SMILES string of the molecule is Cc1[nH]nc(Nc2ncnc3cc(OCCN4CCN(c5ncc(O)cn5)CC4)c(SC(C)(C)C)cc23)c1C. The Hall–Kier alpha value is -3.64. The summed E-state index contributed by atoms with van der Waals surface area (Å²) >= 11 is 1.77. The normalized spacial score (nSPS) is 14.6. The Kier molecular flexibility index (Phi) is 7.76. The topological polar surface area (TPSA) is 128 Å². The van der Waals surface area contributed by atoms with Crippen molar-refractivity contribution in [2.75, 3.05) is 49.5 Å². The molecule has 12 heteroatoms. The van der Waals surface area contributed by atoms with Crippen molar-refractivity contribution in [2.24, 2.45) is 0 Å². The zero-order valence-electron chi connectivity index (χ0n) is 23.0. The number of benzene rings is 1. The summed E-state index contributed by atoms with van der Waals surface area (Å²) in [7, 11) is 0. The van der Waals surface area contributed by atoms with Crippen LogP contribution >= 0.6 is 11.8 Å². The first-order valence-electron chi connectivity index (χ1n) is 13.0. The molecule has 0 radical (unpaired) electrons. The van der Waals surface area contributed by atoms with Crippen LogP contribution in [0.5, 0.6) is 11.5 Å². The molecule has 3 aromatic heterocycles. The molecule has 39 heavy (non-hydrogen) atoms. The molecule has 1 aromatic carbocycles. The number of nitrogens with zero attached hydrogens (tertiary/aromatic N) is 7. The number of nitrogens with one attached hydrogen (secondary N) is 2. The van der Waals surface area contributed by atoms with E-state index in [0.29, 0.717) is 18.4 Å². The number of H-pyrrole nitrogens is 1. The van der Waals surface area contributed by atoms with Gasteiger partial charge in [-0.15, -0.1) is 11.8 Å². The van der Waals surface area contributed by atoms with Crippen LogP contribution in [-0.2, 0) is 0 Å². The van der Waals surface area contributed by atoms with E-state index >= 15 is 0 Å². The molecule has 0 saturated carbocycles. The van der Waals surface area contributed by atoms with E-state index in [1.807, 2.05) is 19.9 Å². The van der Waals surface area contributed by atoms with Crippen molar-refractivity contribution >= 4 is 40.2 Å². The monoisotopic (exact) mass is 549 g/mol. The van der Waals surface area contributed by atoms with Gasteiger partial charge in [-0.25, -0.2) is 19.9 Å². The van der Waals surface area contributed by atoms with Gasteiger partial charge in [0, 0.05) is 60.2 Å². The quantitative estimate of drug-likeness (QED) is 0.272. The van der Waals surface area contributed by atoms with Crippen molar-refractivity contribution in [1.29, 1.82) is 0 Å². The highest BCUT2D eigenvalue weighted by molar-refractivity contribution is 8.00. The highest BCUT2D eigenvalue weighted by Gasteiger charge is 2.21. The molecule has 1 aliphatic heterocycles. The maximum atomic E-state index is 9.43. The Balaban J connectivity index is 1.28. The van der Waals surface area contributed by atoms with Gasteiger partial charge in [-0.05, 0) is 19.9 Å². The first-order chi connectivity index (χ1) is 18.7. The molecular weight excluding hydrogens is 514 g/mol. The van der Waals surface area contributed by atoms with Gasteiger partial charge in [0.05, 0.1) is 22.8 Å². The zero-order valence-corrected chi connectivity index (χ0v) is 23.8. The lowest BCUT2D eigenvalue weighted by molar-refractivity contribution is 0.198. The summed E-state index contributed by atoms with van der Waals surface area (Å²) < 4.78 is 6.37. The number of ether oxygens (including phenoxy) is 1. The van der Waals surface area contributed by atoms with Crippen molar-refractivity contribution in [2.45, 2.75) is 44.3 Å². The lowest BCUT2D eigenvalue weighted by atomic mass is 10.2. The molecule has 0 unspecified atom stereocenters. The lowest BCUT2D eigenvalue weighted by Crippen LogP contribution is -2.48. The van der Waals surface area contributed by atoms with Crippen molar-refractivity contribution in [1.82, 2.24) is 35.0 Å². The average Bonchev–Trinajstić information content (AvgIpc) is 3.21. The number of aromatic amines is 1. The summed E-state index contributed by atoms with van der Waals surface area (Å²) in [5.41, 5.74) is 2.89. The van der Waals surface area contributed by atoms with Gasteiger partial charge >= 0.3 is 0 Å². The van der Waals surface area contributed by atoms with Crippen LogP contribution < -0.4 is 15.0 Å². The first-order valence-corrected chi connectivity index (χ1v) is 13.9. The van der Waals surface area contributed by atoms with Crippen molar-refractivity contribution in [3.8, 4) is 11.5 Å². The number of aromatic nitrogens is 6. The summed E-state index contributed by atoms with van der Waals surface area (Å²) in [6, 6.07) is 4.13. The van der Waals surface area contributed by atoms with Crippen molar-refractivity contribution < 1.29 is 9.84 Å². The van der Waals surface area contributed by atoms with Crippen LogP contribution in [0, 0.1) is 13.8 Å². The highest BCUT2D eigenvalue weighted by Crippen LogP contribution is 2.41. The minimum absolute atomic E-state index is 0.00244. The molecular formula is C27H35N9O2S. The Morgan fingerprint density at radius 3 is 2.44 bits per heavy atom. The third kappa shape index (κ3) is 6.51. The fourth-order valence-electron chi connectivity index (χ4n) is 4.34. The van der Waals surface area contributed by atoms with Gasteiger partial charge in [0.25, 0.3) is 0 Å². The highest BCUT2D eigenvalue weighted by atomic mass is 32.2. The minimum atomic E-state index is -0.00244. The molecule has 5 rings (SSSR count). The molecule has 0 bridgehead atoms. The van der Waals surface area contributed by atoms with Gasteiger partial charge in [0.1, 0.15) is 24.5 Å². The molecule has 3 N–H and O–H groups in total. The first kappa shape index (κ1) is 26.9. The molecule has 0 aliphatic carbocycles. The van der Waals surface area contributed by atoms with E-state index in [9.17, 15) is 5.11 Å². The predicted octanol–water partition coefficient (Wildman–Crippen LogP) is 4.30. The smallest absolute Gasteiger partial charge is 0.225 e. The Bertz CT molecular complexity index is 1430. The second-order valence-corrected chi connectivity index (χ2v) is 12.5. The second kappa shape index (κ2) is 11.2. The lowest BCUT2D eigenvalue weighted by Gasteiger charge is -2.34.